The average Bonchev–Trinajstić information content (AvgIpc) is 3.41. The highest BCUT2D eigenvalue weighted by Crippen LogP contribution is 2.37. The summed E-state index contributed by atoms with van der Waals surface area (Å²) in [6.45, 7) is -0.232. The van der Waals surface area contributed by atoms with E-state index in [2.05, 4.69) is 10.3 Å². The number of nitrogens with zero attached hydrogens (tertiary/aromatic N) is 2. The van der Waals surface area contributed by atoms with Gasteiger partial charge < -0.3 is 24.8 Å². The predicted octanol–water partition coefficient (Wildman–Crippen LogP) is 7.49. The Morgan fingerprint density at radius 1 is 0.870 bits per heavy atom. The first kappa shape index (κ1) is 34.3. The fourth-order valence-electron chi connectivity index (χ4n) is 4.84. The van der Waals surface area contributed by atoms with E-state index in [0.717, 1.165) is 21.4 Å². The zero-order valence-electron chi connectivity index (χ0n) is 24.6. The zero-order chi connectivity index (χ0) is 33.5. The van der Waals surface area contributed by atoms with Gasteiger partial charge in [-0.2, -0.15) is 26.3 Å². The number of ether oxygens (including phenoxy) is 1. The summed E-state index contributed by atoms with van der Waals surface area (Å²) in [6.07, 6.45) is -7.76. The largest absolute Gasteiger partial charge is 0.416 e. The van der Waals surface area contributed by atoms with Crippen LogP contribution in [-0.2, 0) is 34.8 Å². The highest BCUT2D eigenvalue weighted by Gasteiger charge is 2.37. The van der Waals surface area contributed by atoms with Gasteiger partial charge in [0.15, 0.2) is 0 Å². The third kappa shape index (κ3) is 9.22. The lowest BCUT2D eigenvalue weighted by Crippen LogP contribution is -2.45. The van der Waals surface area contributed by atoms with Crippen molar-refractivity contribution in [2.75, 3.05) is 38.7 Å². The van der Waals surface area contributed by atoms with Crippen LogP contribution in [0.25, 0.3) is 10.9 Å². The first-order valence-corrected chi connectivity index (χ1v) is 14.2. The molecule has 46 heavy (non-hydrogen) atoms. The molecule has 0 fully saturated rings. The summed E-state index contributed by atoms with van der Waals surface area (Å²) in [5, 5.41) is 3.05. The second kappa shape index (κ2) is 14.7. The number of para-hydroxylation sites is 1. The van der Waals surface area contributed by atoms with Crippen molar-refractivity contribution in [3.05, 3.63) is 101 Å². The smallest absolute Gasteiger partial charge is 0.385 e. The summed E-state index contributed by atoms with van der Waals surface area (Å²) >= 11 is 0. The number of anilines is 1. The van der Waals surface area contributed by atoms with Crippen LogP contribution in [0.15, 0.2) is 72.9 Å². The van der Waals surface area contributed by atoms with E-state index in [4.69, 9.17) is 4.74 Å². The minimum absolute atomic E-state index is 0.0451. The number of urea groups is 1. The predicted molar refractivity (Wildman–Crippen MR) is 157 cm³/mol. The quantitative estimate of drug-likeness (QED) is 0.123. The first-order chi connectivity index (χ1) is 21.7. The Hall–Kier alpha value is -4.59. The molecule has 0 bridgehead atoms. The van der Waals surface area contributed by atoms with Crippen LogP contribution in [0.3, 0.4) is 0 Å². The molecule has 4 rings (SSSR count). The van der Waals surface area contributed by atoms with Gasteiger partial charge in [0.05, 0.1) is 11.1 Å². The van der Waals surface area contributed by atoms with Crippen LogP contribution in [0.5, 0.6) is 0 Å². The summed E-state index contributed by atoms with van der Waals surface area (Å²) in [7, 11) is 1.41. The van der Waals surface area contributed by atoms with E-state index in [1.54, 1.807) is 0 Å². The number of amides is 3. The number of methoxy groups -OCH3 is 1. The molecule has 3 amide bonds. The molecule has 1 heterocycles. The lowest BCUT2D eigenvalue weighted by Gasteiger charge is -2.28. The summed E-state index contributed by atoms with van der Waals surface area (Å²) < 4.78 is 98.9. The van der Waals surface area contributed by atoms with Crippen LogP contribution in [0.2, 0.25) is 0 Å². The standard InChI is InChI=1S/C32H31F7N4O3/c1-46-14-4-12-43(30(45)41-26-16-23(31(34,35)36)15-24(17-26)32(37,38)39)20-29(44)42(19-21-7-9-25(33)10-8-21)13-11-22-18-40-28-6-3-2-5-27(22)28/h2-3,5-10,15-18,40H,4,11-14,19-20H2,1H3,(H,41,45). The Morgan fingerprint density at radius 3 is 2.15 bits per heavy atom. The van der Waals surface area contributed by atoms with Gasteiger partial charge in [0.25, 0.3) is 0 Å². The molecule has 3 aromatic carbocycles. The lowest BCUT2D eigenvalue weighted by atomic mass is 10.1. The number of hydrogen-bond donors (Lipinski definition) is 2. The summed E-state index contributed by atoms with van der Waals surface area (Å²) in [5.41, 5.74) is -1.50. The van der Waals surface area contributed by atoms with E-state index in [1.165, 1.54) is 36.3 Å². The third-order valence-corrected chi connectivity index (χ3v) is 7.19. The van der Waals surface area contributed by atoms with Crippen LogP contribution >= 0.6 is 0 Å². The van der Waals surface area contributed by atoms with Crippen LogP contribution in [0.4, 0.5) is 41.2 Å². The molecule has 0 aliphatic rings. The van der Waals surface area contributed by atoms with Crippen molar-refractivity contribution in [2.24, 2.45) is 0 Å². The van der Waals surface area contributed by atoms with Crippen LogP contribution < -0.4 is 5.32 Å². The molecule has 4 aromatic rings. The first-order valence-electron chi connectivity index (χ1n) is 14.2. The molecule has 0 radical (unpaired) electrons. The van der Waals surface area contributed by atoms with Crippen molar-refractivity contribution in [2.45, 2.75) is 31.7 Å². The monoisotopic (exact) mass is 652 g/mol. The van der Waals surface area contributed by atoms with Gasteiger partial charge in [0.2, 0.25) is 5.91 Å². The maximum absolute atomic E-state index is 13.7. The van der Waals surface area contributed by atoms with Gasteiger partial charge in [-0.05, 0) is 60.4 Å². The molecule has 0 unspecified atom stereocenters. The molecule has 1 aromatic heterocycles. The number of halogens is 7. The van der Waals surface area contributed by atoms with Gasteiger partial charge in [-0.25, -0.2) is 9.18 Å². The molecule has 0 atom stereocenters. The van der Waals surface area contributed by atoms with Gasteiger partial charge in [-0.3, -0.25) is 4.79 Å². The van der Waals surface area contributed by atoms with Gasteiger partial charge in [-0.1, -0.05) is 30.3 Å². The Balaban J connectivity index is 1.57. The van der Waals surface area contributed by atoms with Crippen molar-refractivity contribution in [1.82, 2.24) is 14.8 Å². The molecule has 14 heteroatoms. The molecule has 0 spiro atoms. The molecule has 2 N–H and O–H groups in total. The van der Waals surface area contributed by atoms with Crippen molar-refractivity contribution in [3.63, 3.8) is 0 Å². The number of benzene rings is 3. The molecular formula is C32H31F7N4O3. The molecule has 0 saturated heterocycles. The Kier molecular flexibility index (Phi) is 10.9. The number of rotatable bonds is 12. The van der Waals surface area contributed by atoms with Crippen molar-refractivity contribution >= 4 is 28.5 Å². The highest BCUT2D eigenvalue weighted by atomic mass is 19.4. The number of H-pyrrole nitrogens is 1. The van der Waals surface area contributed by atoms with Gasteiger partial charge in [0, 0.05) is 56.1 Å². The fourth-order valence-corrected chi connectivity index (χ4v) is 4.84. The van der Waals surface area contributed by atoms with E-state index in [-0.39, 0.29) is 38.7 Å². The normalized spacial score (nSPS) is 11.9. The molecule has 0 saturated carbocycles. The maximum atomic E-state index is 13.7. The number of alkyl halides is 6. The van der Waals surface area contributed by atoms with E-state index in [0.29, 0.717) is 24.1 Å². The van der Waals surface area contributed by atoms with Crippen molar-refractivity contribution in [3.8, 4) is 0 Å². The Morgan fingerprint density at radius 2 is 1.52 bits per heavy atom. The third-order valence-electron chi connectivity index (χ3n) is 7.19. The lowest BCUT2D eigenvalue weighted by molar-refractivity contribution is -0.143. The number of carbonyl (C=O) groups excluding carboxylic acids is 2. The number of fused-ring (bicyclic) bond motifs is 1. The van der Waals surface area contributed by atoms with Crippen molar-refractivity contribution in [1.29, 1.82) is 0 Å². The number of aromatic nitrogens is 1. The second-order valence-electron chi connectivity index (χ2n) is 10.5. The number of carbonyl (C=O) groups is 2. The fraction of sp³-hybridized carbons (Fsp3) is 0.312. The van der Waals surface area contributed by atoms with Crippen LogP contribution in [0.1, 0.15) is 28.7 Å². The SMILES string of the molecule is COCCCN(CC(=O)N(CCc1c[nH]c2ccccc12)Cc1ccc(F)cc1)C(=O)Nc1cc(C(F)(F)F)cc(C(F)(F)F)c1. The van der Waals surface area contributed by atoms with Crippen LogP contribution in [0, 0.1) is 5.82 Å². The van der Waals surface area contributed by atoms with E-state index in [9.17, 15) is 40.3 Å². The van der Waals surface area contributed by atoms with Crippen LogP contribution in [-0.4, -0.2) is 60.1 Å². The number of aromatic amines is 1. The van der Waals surface area contributed by atoms with E-state index in [1.807, 2.05) is 30.5 Å². The average molecular weight is 653 g/mol. The van der Waals surface area contributed by atoms with Gasteiger partial charge in [-0.15, -0.1) is 0 Å². The molecule has 0 aliphatic carbocycles. The Labute approximate surface area is 259 Å². The summed E-state index contributed by atoms with van der Waals surface area (Å²) in [5.74, 6) is -1.01. The molecule has 0 aliphatic heterocycles. The van der Waals surface area contributed by atoms with Gasteiger partial charge >= 0.3 is 18.4 Å². The van der Waals surface area contributed by atoms with E-state index >= 15 is 0 Å². The summed E-state index contributed by atoms with van der Waals surface area (Å²) in [4.78, 5) is 32.6. The second-order valence-corrected chi connectivity index (χ2v) is 10.5. The maximum Gasteiger partial charge on any atom is 0.416 e. The van der Waals surface area contributed by atoms with E-state index < -0.39 is 53.5 Å². The highest BCUT2D eigenvalue weighted by molar-refractivity contribution is 5.92. The van der Waals surface area contributed by atoms with Crippen molar-refractivity contribution < 1.29 is 45.1 Å². The van der Waals surface area contributed by atoms with Gasteiger partial charge in [0.1, 0.15) is 12.4 Å². The topological polar surface area (TPSA) is 77.7 Å². The Bertz CT molecular complexity index is 1600. The minimum atomic E-state index is -5.11. The zero-order valence-corrected chi connectivity index (χ0v) is 24.6. The molecule has 7 nitrogen and oxygen atoms in total. The number of nitrogens with one attached hydrogen (secondary N) is 2. The minimum Gasteiger partial charge on any atom is -0.385 e. The summed E-state index contributed by atoms with van der Waals surface area (Å²) in [6, 6.07) is 12.7. The molecule has 246 valence electrons. The number of hydrogen-bond acceptors (Lipinski definition) is 3. The molecular weight excluding hydrogens is 621 g/mol.